The summed E-state index contributed by atoms with van der Waals surface area (Å²) in [6.07, 6.45) is 3.59. The maximum atomic E-state index is 11.6. The monoisotopic (exact) mass is 384 g/mol. The fourth-order valence-corrected chi connectivity index (χ4v) is 3.34. The number of aromatic carboxylic acids is 1. The van der Waals surface area contributed by atoms with E-state index in [4.69, 9.17) is 5.10 Å². The van der Waals surface area contributed by atoms with Crippen LogP contribution in [0.5, 0.6) is 0 Å². The Balaban J connectivity index is 1.89. The number of aromatic nitrogens is 3. The molecule has 2 aromatic heterocycles. The van der Waals surface area contributed by atoms with Crippen LogP contribution in [-0.2, 0) is 0 Å². The number of hydrogen-bond donors (Lipinski definition) is 2. The number of rotatable bonds is 5. The Hall–Kier alpha value is -3.93. The van der Waals surface area contributed by atoms with E-state index in [1.165, 1.54) is 0 Å². The van der Waals surface area contributed by atoms with Gasteiger partial charge in [0, 0.05) is 24.0 Å². The van der Waals surface area contributed by atoms with Crippen LogP contribution in [0, 0.1) is 13.8 Å². The zero-order valence-electron chi connectivity index (χ0n) is 16.1. The van der Waals surface area contributed by atoms with E-state index in [-0.39, 0.29) is 5.56 Å². The number of carboxylic acids is 1. The fraction of sp³-hybridized carbons (Fsp3) is 0.0870. The van der Waals surface area contributed by atoms with Crippen molar-refractivity contribution in [1.29, 1.82) is 0 Å². The van der Waals surface area contributed by atoms with Crippen molar-refractivity contribution >= 4 is 17.5 Å². The minimum Gasteiger partial charge on any atom is -0.478 e. The molecule has 144 valence electrons. The van der Waals surface area contributed by atoms with Crippen LogP contribution in [0.25, 0.3) is 16.9 Å². The van der Waals surface area contributed by atoms with Gasteiger partial charge in [-0.25, -0.2) is 9.48 Å². The minimum atomic E-state index is -0.987. The fourth-order valence-electron chi connectivity index (χ4n) is 3.34. The van der Waals surface area contributed by atoms with Gasteiger partial charge in [-0.15, -0.1) is 0 Å². The molecule has 0 aliphatic carbocycles. The highest BCUT2D eigenvalue weighted by Crippen LogP contribution is 2.30. The van der Waals surface area contributed by atoms with E-state index in [0.29, 0.717) is 11.5 Å². The van der Waals surface area contributed by atoms with Crippen LogP contribution < -0.4 is 5.32 Å². The summed E-state index contributed by atoms with van der Waals surface area (Å²) in [5.74, 6) is -0.311. The SMILES string of the molecule is Cc1cncc(C)c1-n1nc(-c2ccccc2)cc1Nc1ccccc1C(=O)O. The predicted molar refractivity (Wildman–Crippen MR) is 113 cm³/mol. The maximum absolute atomic E-state index is 11.6. The second-order valence-corrected chi connectivity index (χ2v) is 6.79. The number of hydrogen-bond acceptors (Lipinski definition) is 4. The van der Waals surface area contributed by atoms with Gasteiger partial charge in [0.15, 0.2) is 0 Å². The Bertz CT molecular complexity index is 1160. The predicted octanol–water partition coefficient (Wildman–Crippen LogP) is 4.99. The molecule has 2 N–H and O–H groups in total. The van der Waals surface area contributed by atoms with E-state index < -0.39 is 5.97 Å². The third kappa shape index (κ3) is 3.60. The number of benzene rings is 2. The summed E-state index contributed by atoms with van der Waals surface area (Å²) in [5.41, 5.74) is 5.33. The molecular formula is C23H20N4O2. The van der Waals surface area contributed by atoms with Crippen molar-refractivity contribution in [3.05, 3.63) is 89.7 Å². The molecular weight excluding hydrogens is 364 g/mol. The van der Waals surface area contributed by atoms with Crippen LogP contribution in [0.2, 0.25) is 0 Å². The van der Waals surface area contributed by atoms with Crippen LogP contribution in [0.4, 0.5) is 11.5 Å². The molecule has 6 heteroatoms. The van der Waals surface area contributed by atoms with E-state index in [9.17, 15) is 9.90 Å². The number of para-hydroxylation sites is 1. The Morgan fingerprint density at radius 1 is 0.966 bits per heavy atom. The first-order valence-corrected chi connectivity index (χ1v) is 9.21. The second kappa shape index (κ2) is 7.59. The summed E-state index contributed by atoms with van der Waals surface area (Å²) in [5, 5.41) is 17.6. The number of carbonyl (C=O) groups is 1. The van der Waals surface area contributed by atoms with Gasteiger partial charge in [-0.2, -0.15) is 5.10 Å². The normalized spacial score (nSPS) is 10.7. The lowest BCUT2D eigenvalue weighted by Crippen LogP contribution is -2.08. The number of nitrogens with one attached hydrogen (secondary N) is 1. The quantitative estimate of drug-likeness (QED) is 0.506. The molecule has 0 saturated carbocycles. The molecule has 0 aliphatic rings. The molecule has 0 atom stereocenters. The summed E-state index contributed by atoms with van der Waals surface area (Å²) in [7, 11) is 0. The molecule has 0 unspecified atom stereocenters. The number of anilines is 2. The van der Waals surface area contributed by atoms with Crippen molar-refractivity contribution in [1.82, 2.24) is 14.8 Å². The highest BCUT2D eigenvalue weighted by Gasteiger charge is 2.17. The first kappa shape index (κ1) is 18.4. The van der Waals surface area contributed by atoms with Crippen molar-refractivity contribution in [3.63, 3.8) is 0 Å². The summed E-state index contributed by atoms with van der Waals surface area (Å²) >= 11 is 0. The maximum Gasteiger partial charge on any atom is 0.337 e. The smallest absolute Gasteiger partial charge is 0.337 e. The number of carboxylic acid groups (broad SMARTS) is 1. The van der Waals surface area contributed by atoms with E-state index in [1.54, 1.807) is 36.7 Å². The van der Waals surface area contributed by atoms with Crippen molar-refractivity contribution in [3.8, 4) is 16.9 Å². The zero-order chi connectivity index (χ0) is 20.4. The molecule has 0 spiro atoms. The average molecular weight is 384 g/mol. The van der Waals surface area contributed by atoms with E-state index in [0.717, 1.165) is 28.1 Å². The van der Waals surface area contributed by atoms with Gasteiger partial charge in [-0.05, 0) is 37.1 Å². The summed E-state index contributed by atoms with van der Waals surface area (Å²) in [6.45, 7) is 3.96. The molecule has 0 radical (unpaired) electrons. The first-order chi connectivity index (χ1) is 14.0. The van der Waals surface area contributed by atoms with E-state index >= 15 is 0 Å². The molecule has 0 saturated heterocycles. The van der Waals surface area contributed by atoms with Crippen molar-refractivity contribution < 1.29 is 9.90 Å². The molecule has 4 rings (SSSR count). The van der Waals surface area contributed by atoms with Gasteiger partial charge in [0.1, 0.15) is 5.82 Å². The molecule has 0 amide bonds. The first-order valence-electron chi connectivity index (χ1n) is 9.21. The van der Waals surface area contributed by atoms with Crippen molar-refractivity contribution in [2.75, 3.05) is 5.32 Å². The third-order valence-electron chi connectivity index (χ3n) is 4.69. The molecule has 2 heterocycles. The van der Waals surface area contributed by atoms with Gasteiger partial charge in [0.05, 0.1) is 22.6 Å². The molecule has 6 nitrogen and oxygen atoms in total. The van der Waals surface area contributed by atoms with Crippen LogP contribution in [0.3, 0.4) is 0 Å². The molecule has 0 bridgehead atoms. The Kier molecular flexibility index (Phi) is 4.83. The summed E-state index contributed by atoms with van der Waals surface area (Å²) in [4.78, 5) is 15.9. The Morgan fingerprint density at radius 3 is 2.31 bits per heavy atom. The van der Waals surface area contributed by atoms with Crippen LogP contribution in [-0.4, -0.2) is 25.8 Å². The lowest BCUT2D eigenvalue weighted by atomic mass is 10.1. The van der Waals surface area contributed by atoms with Gasteiger partial charge in [-0.3, -0.25) is 4.98 Å². The van der Waals surface area contributed by atoms with Crippen LogP contribution >= 0.6 is 0 Å². The number of nitrogens with zero attached hydrogens (tertiary/aromatic N) is 3. The Labute approximate surface area is 168 Å². The van der Waals surface area contributed by atoms with Gasteiger partial charge < -0.3 is 10.4 Å². The Morgan fingerprint density at radius 2 is 1.62 bits per heavy atom. The summed E-state index contributed by atoms with van der Waals surface area (Å²) < 4.78 is 1.81. The highest BCUT2D eigenvalue weighted by atomic mass is 16.4. The lowest BCUT2D eigenvalue weighted by molar-refractivity contribution is 0.0698. The van der Waals surface area contributed by atoms with Crippen LogP contribution in [0.1, 0.15) is 21.5 Å². The summed E-state index contributed by atoms with van der Waals surface area (Å²) in [6, 6.07) is 18.6. The van der Waals surface area contributed by atoms with E-state index in [1.807, 2.05) is 54.9 Å². The number of pyridine rings is 1. The van der Waals surface area contributed by atoms with Gasteiger partial charge in [0.25, 0.3) is 0 Å². The van der Waals surface area contributed by atoms with Gasteiger partial charge in [0.2, 0.25) is 0 Å². The van der Waals surface area contributed by atoms with Crippen LogP contribution in [0.15, 0.2) is 73.1 Å². The standard InChI is InChI=1S/C23H20N4O2/c1-15-13-24-14-16(2)22(15)27-21(12-20(26-27)17-8-4-3-5-9-17)25-19-11-7-6-10-18(19)23(28)29/h3-14,25H,1-2H3,(H,28,29). The minimum absolute atomic E-state index is 0.199. The average Bonchev–Trinajstić information content (AvgIpc) is 3.12. The van der Waals surface area contributed by atoms with Gasteiger partial charge in [-0.1, -0.05) is 42.5 Å². The van der Waals surface area contributed by atoms with Crippen molar-refractivity contribution in [2.45, 2.75) is 13.8 Å². The van der Waals surface area contributed by atoms with E-state index in [2.05, 4.69) is 10.3 Å². The molecule has 0 fully saturated rings. The third-order valence-corrected chi connectivity index (χ3v) is 4.69. The molecule has 29 heavy (non-hydrogen) atoms. The molecule has 0 aliphatic heterocycles. The zero-order valence-corrected chi connectivity index (χ0v) is 16.1. The molecule has 2 aromatic carbocycles. The number of aryl methyl sites for hydroxylation is 2. The largest absolute Gasteiger partial charge is 0.478 e. The van der Waals surface area contributed by atoms with Crippen molar-refractivity contribution in [2.24, 2.45) is 0 Å². The van der Waals surface area contributed by atoms with Gasteiger partial charge >= 0.3 is 5.97 Å². The lowest BCUT2D eigenvalue weighted by Gasteiger charge is -2.14. The molecule has 4 aromatic rings. The topological polar surface area (TPSA) is 80.0 Å². The highest BCUT2D eigenvalue weighted by molar-refractivity contribution is 5.95. The second-order valence-electron chi connectivity index (χ2n) is 6.79.